The van der Waals surface area contributed by atoms with Crippen molar-refractivity contribution < 1.29 is 0 Å². The van der Waals surface area contributed by atoms with Crippen LogP contribution in [0.3, 0.4) is 0 Å². The fraction of sp³-hybridized carbons (Fsp3) is 0. The first kappa shape index (κ1) is 36.6. The Balaban J connectivity index is 1.06. The molecule has 12 aromatic rings. The summed E-state index contributed by atoms with van der Waals surface area (Å²) in [6.07, 6.45) is 0. The molecule has 12 aromatic carbocycles. The fourth-order valence-corrected chi connectivity index (χ4v) is 9.89. The Morgan fingerprint density at radius 1 is 0.238 bits per heavy atom. The number of rotatable bonds is 7. The second kappa shape index (κ2) is 15.3. The fourth-order valence-electron chi connectivity index (χ4n) is 9.89. The van der Waals surface area contributed by atoms with Crippen molar-refractivity contribution in [2.45, 2.75) is 0 Å². The SMILES string of the molecule is c1ccc(-c2cc(-c3ccccc3)c3c4ccccc4c4cc(-c5ccc6cc(N(c7ccccc7)c7cccc8ccccc78)ccc6c5)ccc4c3c2-c2ccccc2)cc1. The molecule has 12 rings (SSSR count). The van der Waals surface area contributed by atoms with Crippen LogP contribution in [0.4, 0.5) is 17.1 Å². The summed E-state index contributed by atoms with van der Waals surface area (Å²) in [6.45, 7) is 0. The highest BCUT2D eigenvalue weighted by molar-refractivity contribution is 6.33. The topological polar surface area (TPSA) is 3.24 Å². The normalized spacial score (nSPS) is 11.5. The molecule has 0 N–H and O–H groups in total. The first-order valence-electron chi connectivity index (χ1n) is 21.8. The molecule has 0 aliphatic rings. The molecule has 0 aliphatic heterocycles. The van der Waals surface area contributed by atoms with Crippen LogP contribution >= 0.6 is 0 Å². The number of hydrogen-bond donors (Lipinski definition) is 0. The van der Waals surface area contributed by atoms with Crippen molar-refractivity contribution in [3.8, 4) is 44.5 Å². The predicted octanol–water partition coefficient (Wildman–Crippen LogP) is 17.6. The monoisotopic (exact) mass is 799 g/mol. The lowest BCUT2D eigenvalue weighted by molar-refractivity contribution is 1.30. The van der Waals surface area contributed by atoms with E-state index in [4.69, 9.17) is 0 Å². The molecular weight excluding hydrogens is 759 g/mol. The molecule has 294 valence electrons. The van der Waals surface area contributed by atoms with Crippen LogP contribution in [0.5, 0.6) is 0 Å². The number of hydrogen-bond acceptors (Lipinski definition) is 1. The number of benzene rings is 12. The minimum Gasteiger partial charge on any atom is -0.310 e. The molecule has 0 radical (unpaired) electrons. The lowest BCUT2D eigenvalue weighted by atomic mass is 9.81. The molecule has 0 heterocycles. The number of para-hydroxylation sites is 1. The zero-order chi connectivity index (χ0) is 41.7. The van der Waals surface area contributed by atoms with E-state index in [-0.39, 0.29) is 0 Å². The first-order chi connectivity index (χ1) is 31.3. The van der Waals surface area contributed by atoms with Gasteiger partial charge in [-0.05, 0) is 142 Å². The third-order valence-electron chi connectivity index (χ3n) is 12.8. The lowest BCUT2D eigenvalue weighted by Crippen LogP contribution is -2.10. The van der Waals surface area contributed by atoms with E-state index in [0.717, 1.165) is 17.1 Å². The van der Waals surface area contributed by atoms with Crippen molar-refractivity contribution in [2.75, 3.05) is 4.90 Å². The number of anilines is 3. The average Bonchev–Trinajstić information content (AvgIpc) is 3.37. The van der Waals surface area contributed by atoms with Gasteiger partial charge in [0.05, 0.1) is 5.69 Å². The summed E-state index contributed by atoms with van der Waals surface area (Å²) >= 11 is 0. The van der Waals surface area contributed by atoms with Crippen LogP contribution in [0.15, 0.2) is 249 Å². The van der Waals surface area contributed by atoms with Gasteiger partial charge in [-0.1, -0.05) is 200 Å². The second-order valence-electron chi connectivity index (χ2n) is 16.4. The first-order valence-corrected chi connectivity index (χ1v) is 21.8. The van der Waals surface area contributed by atoms with Crippen LogP contribution in [-0.4, -0.2) is 0 Å². The van der Waals surface area contributed by atoms with E-state index in [1.54, 1.807) is 0 Å². The second-order valence-corrected chi connectivity index (χ2v) is 16.4. The molecule has 0 aromatic heterocycles. The highest BCUT2D eigenvalue weighted by Crippen LogP contribution is 2.50. The standard InChI is InChI=1S/C62H41N/c1-5-18-43(19-6-1)56-41-57(44-20-7-2-8-21-44)61-54-30-16-15-29-53(54)58-40-49(35-37-55(58)62(61)60(56)45-23-9-3-10-24-45)46-32-33-48-39-51(36-34-47(48)38-46)63(50-26-11-4-12-27-50)59-31-17-25-42-22-13-14-28-52(42)59/h1-41H. The molecule has 0 aliphatic carbocycles. The number of nitrogens with zero attached hydrogens (tertiary/aromatic N) is 1. The molecule has 0 amide bonds. The third kappa shape index (κ3) is 6.33. The van der Waals surface area contributed by atoms with E-state index in [1.165, 1.54) is 98.4 Å². The molecule has 1 heteroatoms. The molecule has 0 spiro atoms. The van der Waals surface area contributed by atoms with E-state index in [0.29, 0.717) is 0 Å². The van der Waals surface area contributed by atoms with Crippen LogP contribution in [0.25, 0.3) is 98.4 Å². The summed E-state index contributed by atoms with van der Waals surface area (Å²) < 4.78 is 0. The van der Waals surface area contributed by atoms with Gasteiger partial charge in [0.1, 0.15) is 0 Å². The van der Waals surface area contributed by atoms with Gasteiger partial charge in [-0.15, -0.1) is 0 Å². The molecule has 0 saturated heterocycles. The number of fused-ring (bicyclic) bond motifs is 8. The molecule has 0 atom stereocenters. The van der Waals surface area contributed by atoms with Crippen molar-refractivity contribution in [2.24, 2.45) is 0 Å². The van der Waals surface area contributed by atoms with Crippen molar-refractivity contribution in [1.29, 1.82) is 0 Å². The third-order valence-corrected chi connectivity index (χ3v) is 12.8. The Kier molecular flexibility index (Phi) is 8.90. The Hall–Kier alpha value is -8.26. The molecule has 1 nitrogen and oxygen atoms in total. The van der Waals surface area contributed by atoms with Gasteiger partial charge < -0.3 is 4.90 Å². The van der Waals surface area contributed by atoms with Gasteiger partial charge in [0.15, 0.2) is 0 Å². The van der Waals surface area contributed by atoms with Crippen LogP contribution in [0.2, 0.25) is 0 Å². The zero-order valence-corrected chi connectivity index (χ0v) is 34.6. The van der Waals surface area contributed by atoms with Crippen molar-refractivity contribution in [1.82, 2.24) is 0 Å². The minimum absolute atomic E-state index is 1.13. The van der Waals surface area contributed by atoms with Crippen LogP contribution < -0.4 is 4.90 Å². The van der Waals surface area contributed by atoms with Crippen molar-refractivity contribution in [3.05, 3.63) is 249 Å². The van der Waals surface area contributed by atoms with Gasteiger partial charge in [-0.25, -0.2) is 0 Å². The summed E-state index contributed by atoms with van der Waals surface area (Å²) in [6, 6.07) is 91.0. The Labute approximate surface area is 367 Å². The molecule has 0 bridgehead atoms. The molecule has 63 heavy (non-hydrogen) atoms. The van der Waals surface area contributed by atoms with Gasteiger partial charge in [0.25, 0.3) is 0 Å². The quantitative estimate of drug-likeness (QED) is 0.145. The predicted molar refractivity (Wildman–Crippen MR) is 270 cm³/mol. The van der Waals surface area contributed by atoms with E-state index in [9.17, 15) is 0 Å². The lowest BCUT2D eigenvalue weighted by Gasteiger charge is -2.27. The van der Waals surface area contributed by atoms with Gasteiger partial charge in [-0.3, -0.25) is 0 Å². The van der Waals surface area contributed by atoms with Gasteiger partial charge in [-0.2, -0.15) is 0 Å². The highest BCUT2D eigenvalue weighted by atomic mass is 15.1. The smallest absolute Gasteiger partial charge is 0.0540 e. The maximum atomic E-state index is 2.43. The summed E-state index contributed by atoms with van der Waals surface area (Å²) in [5.41, 5.74) is 13.2. The molecule has 0 saturated carbocycles. The molecule has 0 unspecified atom stereocenters. The average molecular weight is 800 g/mol. The summed E-state index contributed by atoms with van der Waals surface area (Å²) in [4.78, 5) is 2.38. The van der Waals surface area contributed by atoms with Crippen LogP contribution in [-0.2, 0) is 0 Å². The summed E-state index contributed by atoms with van der Waals surface area (Å²) in [7, 11) is 0. The largest absolute Gasteiger partial charge is 0.310 e. The maximum absolute atomic E-state index is 2.43. The van der Waals surface area contributed by atoms with E-state index in [1.807, 2.05) is 0 Å². The molecule has 0 fully saturated rings. The summed E-state index contributed by atoms with van der Waals surface area (Å²) in [5, 5.41) is 12.4. The Morgan fingerprint density at radius 2 is 0.778 bits per heavy atom. The zero-order valence-electron chi connectivity index (χ0n) is 34.6. The van der Waals surface area contributed by atoms with Crippen LogP contribution in [0, 0.1) is 0 Å². The minimum atomic E-state index is 1.13. The van der Waals surface area contributed by atoms with E-state index < -0.39 is 0 Å². The molecular formula is C62H41N. The Morgan fingerprint density at radius 3 is 1.52 bits per heavy atom. The van der Waals surface area contributed by atoms with Crippen molar-refractivity contribution in [3.63, 3.8) is 0 Å². The summed E-state index contributed by atoms with van der Waals surface area (Å²) in [5.74, 6) is 0. The Bertz CT molecular complexity index is 3650. The maximum Gasteiger partial charge on any atom is 0.0540 e. The van der Waals surface area contributed by atoms with Gasteiger partial charge in [0, 0.05) is 16.8 Å². The van der Waals surface area contributed by atoms with E-state index in [2.05, 4.69) is 254 Å². The van der Waals surface area contributed by atoms with E-state index >= 15 is 0 Å². The van der Waals surface area contributed by atoms with Crippen molar-refractivity contribution >= 4 is 70.9 Å². The van der Waals surface area contributed by atoms with Gasteiger partial charge >= 0.3 is 0 Å². The van der Waals surface area contributed by atoms with Gasteiger partial charge in [0.2, 0.25) is 0 Å². The van der Waals surface area contributed by atoms with Crippen LogP contribution in [0.1, 0.15) is 0 Å². The highest BCUT2D eigenvalue weighted by Gasteiger charge is 2.22.